The van der Waals surface area contributed by atoms with Gasteiger partial charge in [0.2, 0.25) is 11.5 Å². The molecular weight excluding hydrogens is 294 g/mol. The van der Waals surface area contributed by atoms with Crippen molar-refractivity contribution in [1.82, 2.24) is 15.7 Å². The first-order chi connectivity index (χ1) is 10.6. The number of hydrazone groups is 1. The molecule has 22 heavy (non-hydrogen) atoms. The molecule has 0 bridgehead atoms. The molecule has 0 atom stereocenters. The Hall–Kier alpha value is -3.43. The number of nitrogens with two attached hydrogens (primary N) is 1. The summed E-state index contributed by atoms with van der Waals surface area (Å²) in [5.74, 6) is -1.83. The molecule has 0 aliphatic carbocycles. The number of benzene rings is 1. The molecule has 1 aromatic carbocycles. The van der Waals surface area contributed by atoms with Crippen LogP contribution in [0, 0.1) is 0 Å². The van der Waals surface area contributed by atoms with E-state index in [0.717, 1.165) is 0 Å². The molecule has 10 nitrogen and oxygen atoms in total. The van der Waals surface area contributed by atoms with E-state index in [1.165, 1.54) is 12.3 Å². The maximum absolute atomic E-state index is 11.6. The van der Waals surface area contributed by atoms with E-state index in [1.54, 1.807) is 18.2 Å². The Morgan fingerprint density at radius 2 is 2.27 bits per heavy atom. The standard InChI is InChI=1S/C12H11N5O5/c13-11-10(16-22-17-11)12(20)15-14-5-7-2-1-3-8(4-7)21-6-9(18)19/h1-5H,6H2,(H2,13,17)(H,15,20)(H,18,19)/p-1. The Labute approximate surface area is 123 Å². The predicted octanol–water partition coefficient (Wildman–Crippen LogP) is -1.46. The summed E-state index contributed by atoms with van der Waals surface area (Å²) in [5, 5.41) is 20.6. The first-order valence-electron chi connectivity index (χ1n) is 5.90. The van der Waals surface area contributed by atoms with E-state index >= 15 is 0 Å². The zero-order chi connectivity index (χ0) is 15.9. The average Bonchev–Trinajstić information content (AvgIpc) is 2.92. The van der Waals surface area contributed by atoms with E-state index in [1.807, 2.05) is 0 Å². The summed E-state index contributed by atoms with van der Waals surface area (Å²) < 4.78 is 9.24. The number of carbonyl (C=O) groups excluding carboxylic acids is 2. The van der Waals surface area contributed by atoms with E-state index in [9.17, 15) is 14.7 Å². The van der Waals surface area contributed by atoms with Crippen molar-refractivity contribution in [3.05, 3.63) is 35.5 Å². The van der Waals surface area contributed by atoms with Crippen molar-refractivity contribution in [2.24, 2.45) is 5.10 Å². The third-order valence-electron chi connectivity index (χ3n) is 2.32. The van der Waals surface area contributed by atoms with Gasteiger partial charge in [0, 0.05) is 0 Å². The number of nitrogens with one attached hydrogen (secondary N) is 1. The zero-order valence-electron chi connectivity index (χ0n) is 11.1. The van der Waals surface area contributed by atoms with Crippen LogP contribution in [0.3, 0.4) is 0 Å². The largest absolute Gasteiger partial charge is 0.546 e. The number of hydrogen-bond acceptors (Lipinski definition) is 9. The zero-order valence-corrected chi connectivity index (χ0v) is 11.1. The average molecular weight is 304 g/mol. The molecule has 1 aromatic heterocycles. The highest BCUT2D eigenvalue weighted by Crippen LogP contribution is 2.11. The lowest BCUT2D eigenvalue weighted by Gasteiger charge is -2.06. The summed E-state index contributed by atoms with van der Waals surface area (Å²) in [6.45, 7) is -0.560. The molecule has 0 fully saturated rings. The number of nitrogens with zero attached hydrogens (tertiary/aromatic N) is 3. The fourth-order valence-electron chi connectivity index (χ4n) is 1.40. The predicted molar refractivity (Wildman–Crippen MR) is 70.7 cm³/mol. The van der Waals surface area contributed by atoms with E-state index in [2.05, 4.69) is 25.5 Å². The molecule has 0 aliphatic rings. The van der Waals surface area contributed by atoms with Crippen LogP contribution in [0.15, 0.2) is 34.0 Å². The van der Waals surface area contributed by atoms with Gasteiger partial charge in [-0.2, -0.15) is 5.10 Å². The molecule has 1 amide bonds. The summed E-state index contributed by atoms with van der Waals surface area (Å²) >= 11 is 0. The second-order valence-electron chi connectivity index (χ2n) is 3.93. The van der Waals surface area contributed by atoms with Gasteiger partial charge < -0.3 is 20.4 Å². The van der Waals surface area contributed by atoms with Crippen LogP contribution < -0.4 is 21.0 Å². The minimum Gasteiger partial charge on any atom is -0.546 e. The van der Waals surface area contributed by atoms with Crippen LogP contribution in [0.1, 0.15) is 16.1 Å². The number of hydrogen-bond donors (Lipinski definition) is 2. The fraction of sp³-hybridized carbons (Fsp3) is 0.0833. The van der Waals surface area contributed by atoms with E-state index in [0.29, 0.717) is 11.3 Å². The Kier molecular flexibility index (Phi) is 4.65. The number of carboxylic acids is 1. The molecule has 10 heteroatoms. The molecule has 114 valence electrons. The van der Waals surface area contributed by atoms with E-state index < -0.39 is 18.5 Å². The van der Waals surface area contributed by atoms with Crippen LogP contribution in [0.5, 0.6) is 5.75 Å². The smallest absolute Gasteiger partial charge is 0.297 e. The monoisotopic (exact) mass is 304 g/mol. The SMILES string of the molecule is Nc1nonc1C(=O)NN=Cc1cccc(OCC(=O)[O-])c1. The molecule has 2 rings (SSSR count). The Morgan fingerprint density at radius 3 is 2.95 bits per heavy atom. The summed E-state index contributed by atoms with van der Waals surface area (Å²) in [4.78, 5) is 21.9. The molecule has 0 spiro atoms. The minimum absolute atomic E-state index is 0.148. The van der Waals surface area contributed by atoms with Crippen molar-refractivity contribution in [3.8, 4) is 5.75 Å². The van der Waals surface area contributed by atoms with Gasteiger partial charge in [-0.3, -0.25) is 4.79 Å². The Bertz CT molecular complexity index is 711. The van der Waals surface area contributed by atoms with Crippen LogP contribution in [-0.2, 0) is 4.79 Å². The topological polar surface area (TPSA) is 156 Å². The molecule has 1 heterocycles. The highest BCUT2D eigenvalue weighted by atomic mass is 16.6. The number of aromatic nitrogens is 2. The lowest BCUT2D eigenvalue weighted by molar-refractivity contribution is -0.307. The highest BCUT2D eigenvalue weighted by Gasteiger charge is 2.14. The molecular formula is C12H10N5O5-. The maximum atomic E-state index is 11.6. The van der Waals surface area contributed by atoms with Gasteiger partial charge in [0.25, 0.3) is 5.91 Å². The second kappa shape index (κ2) is 6.83. The van der Waals surface area contributed by atoms with Gasteiger partial charge in [-0.15, -0.1) is 0 Å². The number of ether oxygens (including phenoxy) is 1. The van der Waals surface area contributed by atoms with E-state index in [4.69, 9.17) is 10.5 Å². The summed E-state index contributed by atoms with van der Waals surface area (Å²) in [5.41, 5.74) is 7.93. The number of amides is 1. The summed E-state index contributed by atoms with van der Waals surface area (Å²) in [6, 6.07) is 6.41. The van der Waals surface area contributed by atoms with Crippen LogP contribution in [0.25, 0.3) is 0 Å². The van der Waals surface area contributed by atoms with Crippen LogP contribution >= 0.6 is 0 Å². The molecule has 2 aromatic rings. The number of aliphatic carboxylic acids is 1. The number of anilines is 1. The quantitative estimate of drug-likeness (QED) is 0.484. The van der Waals surface area contributed by atoms with Crippen molar-refractivity contribution in [2.45, 2.75) is 0 Å². The van der Waals surface area contributed by atoms with Gasteiger partial charge in [-0.1, -0.05) is 12.1 Å². The minimum atomic E-state index is -1.33. The van der Waals surface area contributed by atoms with Gasteiger partial charge in [0.15, 0.2) is 0 Å². The fourth-order valence-corrected chi connectivity index (χ4v) is 1.40. The lowest BCUT2D eigenvalue weighted by Crippen LogP contribution is -2.28. The molecule has 3 N–H and O–H groups in total. The van der Waals surface area contributed by atoms with Gasteiger partial charge >= 0.3 is 0 Å². The Balaban J connectivity index is 1.95. The molecule has 0 aliphatic heterocycles. The van der Waals surface area contributed by atoms with E-state index in [-0.39, 0.29) is 11.5 Å². The van der Waals surface area contributed by atoms with Gasteiger partial charge in [-0.05, 0) is 28.0 Å². The third-order valence-corrected chi connectivity index (χ3v) is 2.32. The Morgan fingerprint density at radius 1 is 1.45 bits per heavy atom. The van der Waals surface area contributed by atoms with Gasteiger partial charge in [0.05, 0.1) is 12.2 Å². The van der Waals surface area contributed by atoms with Crippen LogP contribution in [0.2, 0.25) is 0 Å². The van der Waals surface area contributed by atoms with Crippen LogP contribution in [-0.4, -0.2) is 35.0 Å². The highest BCUT2D eigenvalue weighted by molar-refractivity contribution is 5.96. The number of rotatable bonds is 6. The molecule has 0 unspecified atom stereocenters. The number of nitrogen functional groups attached to an aromatic ring is 1. The van der Waals surface area contributed by atoms with Gasteiger partial charge in [-0.25, -0.2) is 10.1 Å². The summed E-state index contributed by atoms with van der Waals surface area (Å²) in [7, 11) is 0. The van der Waals surface area contributed by atoms with Crippen molar-refractivity contribution < 1.29 is 24.1 Å². The molecule has 0 radical (unpaired) electrons. The number of carbonyl (C=O) groups is 2. The molecule has 0 saturated carbocycles. The van der Waals surface area contributed by atoms with Gasteiger partial charge in [0.1, 0.15) is 12.4 Å². The second-order valence-corrected chi connectivity index (χ2v) is 3.93. The number of carboxylic acid groups (broad SMARTS) is 1. The van der Waals surface area contributed by atoms with Crippen molar-refractivity contribution >= 4 is 23.9 Å². The summed E-state index contributed by atoms with van der Waals surface area (Å²) in [6.07, 6.45) is 1.33. The lowest BCUT2D eigenvalue weighted by atomic mass is 10.2. The maximum Gasteiger partial charge on any atom is 0.297 e. The normalized spacial score (nSPS) is 10.5. The first kappa shape index (κ1) is 15.0. The van der Waals surface area contributed by atoms with Crippen molar-refractivity contribution in [3.63, 3.8) is 0 Å². The van der Waals surface area contributed by atoms with Crippen molar-refractivity contribution in [2.75, 3.05) is 12.3 Å². The molecule has 0 saturated heterocycles. The third kappa shape index (κ3) is 4.03. The van der Waals surface area contributed by atoms with Crippen LogP contribution in [0.4, 0.5) is 5.82 Å². The van der Waals surface area contributed by atoms with Crippen molar-refractivity contribution in [1.29, 1.82) is 0 Å². The first-order valence-corrected chi connectivity index (χ1v) is 5.90.